The van der Waals surface area contributed by atoms with E-state index in [1.54, 1.807) is 29.5 Å². The number of hydrogen-bond acceptors (Lipinski definition) is 4. The summed E-state index contributed by atoms with van der Waals surface area (Å²) in [7, 11) is 0. The number of imidazole rings is 1. The number of rotatable bonds is 3. The molecule has 1 aromatic carbocycles. The molecule has 1 N–H and O–H groups in total. The summed E-state index contributed by atoms with van der Waals surface area (Å²) in [5.41, 5.74) is 2.23. The summed E-state index contributed by atoms with van der Waals surface area (Å²) < 4.78 is 1.98. The van der Waals surface area contributed by atoms with E-state index in [-0.39, 0.29) is 0 Å². The minimum atomic E-state index is 0.559. The molecule has 0 fully saturated rings. The minimum absolute atomic E-state index is 0.559. The number of benzene rings is 1. The van der Waals surface area contributed by atoms with Crippen molar-refractivity contribution < 1.29 is 0 Å². The number of nitriles is 1. The van der Waals surface area contributed by atoms with Crippen molar-refractivity contribution in [3.8, 4) is 6.07 Å². The molecule has 0 atom stereocenters. The van der Waals surface area contributed by atoms with Gasteiger partial charge in [0.15, 0.2) is 4.96 Å². The van der Waals surface area contributed by atoms with E-state index in [2.05, 4.69) is 16.4 Å². The van der Waals surface area contributed by atoms with Crippen LogP contribution in [-0.4, -0.2) is 9.38 Å². The molecule has 19 heavy (non-hydrogen) atoms. The van der Waals surface area contributed by atoms with E-state index in [0.717, 1.165) is 16.3 Å². The molecular formula is C13H9ClN4S. The Balaban J connectivity index is 1.81. The standard InChI is InChI=1S/C13H9ClN4S/c14-10-2-1-9(6-15)12(5-10)16-7-11-8-18-3-4-19-13(18)17-11/h1-5,8,16H,7H2. The summed E-state index contributed by atoms with van der Waals surface area (Å²) in [6.07, 6.45) is 3.94. The first-order chi connectivity index (χ1) is 9.26. The molecule has 0 aliphatic carbocycles. The molecule has 94 valence electrons. The van der Waals surface area contributed by atoms with Gasteiger partial charge in [-0.3, -0.25) is 4.40 Å². The van der Waals surface area contributed by atoms with Crippen molar-refractivity contribution in [2.75, 3.05) is 5.32 Å². The van der Waals surface area contributed by atoms with Crippen molar-refractivity contribution in [2.45, 2.75) is 6.54 Å². The van der Waals surface area contributed by atoms with Gasteiger partial charge < -0.3 is 5.32 Å². The van der Waals surface area contributed by atoms with Crippen LogP contribution < -0.4 is 5.32 Å². The number of fused-ring (bicyclic) bond motifs is 1. The van der Waals surface area contributed by atoms with E-state index in [1.165, 1.54) is 0 Å². The van der Waals surface area contributed by atoms with Crippen molar-refractivity contribution in [2.24, 2.45) is 0 Å². The second kappa shape index (κ2) is 4.92. The van der Waals surface area contributed by atoms with Gasteiger partial charge in [0, 0.05) is 22.8 Å². The molecule has 0 amide bonds. The zero-order valence-electron chi connectivity index (χ0n) is 9.80. The molecule has 2 heterocycles. The van der Waals surface area contributed by atoms with Gasteiger partial charge in [-0.1, -0.05) is 11.6 Å². The number of nitrogens with one attached hydrogen (secondary N) is 1. The largest absolute Gasteiger partial charge is 0.378 e. The average molecular weight is 289 g/mol. The molecule has 2 aromatic heterocycles. The van der Waals surface area contributed by atoms with Crippen LogP contribution in [0.2, 0.25) is 5.02 Å². The average Bonchev–Trinajstić information content (AvgIpc) is 2.97. The zero-order valence-corrected chi connectivity index (χ0v) is 11.4. The molecule has 0 radical (unpaired) electrons. The number of aromatic nitrogens is 2. The van der Waals surface area contributed by atoms with Crippen molar-refractivity contribution in [1.82, 2.24) is 9.38 Å². The lowest BCUT2D eigenvalue weighted by atomic mass is 10.2. The van der Waals surface area contributed by atoms with E-state index in [9.17, 15) is 0 Å². The monoisotopic (exact) mass is 288 g/mol. The van der Waals surface area contributed by atoms with Gasteiger partial charge >= 0.3 is 0 Å². The topological polar surface area (TPSA) is 53.1 Å². The van der Waals surface area contributed by atoms with Gasteiger partial charge in [0.2, 0.25) is 0 Å². The maximum Gasteiger partial charge on any atom is 0.193 e. The molecule has 0 aliphatic heterocycles. The second-order valence-corrected chi connectivity index (χ2v) is 5.29. The van der Waals surface area contributed by atoms with E-state index < -0.39 is 0 Å². The van der Waals surface area contributed by atoms with Gasteiger partial charge in [-0.05, 0) is 18.2 Å². The normalized spacial score (nSPS) is 10.5. The molecule has 6 heteroatoms. The summed E-state index contributed by atoms with van der Waals surface area (Å²) in [4.78, 5) is 5.43. The maximum atomic E-state index is 9.04. The number of nitrogens with zero attached hydrogens (tertiary/aromatic N) is 3. The van der Waals surface area contributed by atoms with Crippen LogP contribution in [-0.2, 0) is 6.54 Å². The smallest absolute Gasteiger partial charge is 0.193 e. The Morgan fingerprint density at radius 2 is 2.37 bits per heavy atom. The van der Waals surface area contributed by atoms with Crippen molar-refractivity contribution in [3.63, 3.8) is 0 Å². The van der Waals surface area contributed by atoms with Crippen LogP contribution in [0.5, 0.6) is 0 Å². The predicted molar refractivity (Wildman–Crippen MR) is 76.6 cm³/mol. The molecule has 3 rings (SSSR count). The number of halogens is 1. The van der Waals surface area contributed by atoms with Gasteiger partial charge in [-0.2, -0.15) is 5.26 Å². The lowest BCUT2D eigenvalue weighted by molar-refractivity contribution is 1.08. The van der Waals surface area contributed by atoms with Gasteiger partial charge in [0.25, 0.3) is 0 Å². The predicted octanol–water partition coefficient (Wildman–Crippen LogP) is 3.53. The third-order valence-corrected chi connectivity index (χ3v) is 3.71. The highest BCUT2D eigenvalue weighted by Crippen LogP contribution is 2.21. The molecule has 3 aromatic rings. The van der Waals surface area contributed by atoms with E-state index >= 15 is 0 Å². The fourth-order valence-electron chi connectivity index (χ4n) is 1.81. The lowest BCUT2D eigenvalue weighted by Crippen LogP contribution is -2.01. The summed E-state index contributed by atoms with van der Waals surface area (Å²) >= 11 is 7.53. The Hall–Kier alpha value is -2.03. The number of hydrogen-bond donors (Lipinski definition) is 1. The van der Waals surface area contributed by atoms with Crippen molar-refractivity contribution in [3.05, 3.63) is 52.3 Å². The lowest BCUT2D eigenvalue weighted by Gasteiger charge is -2.06. The van der Waals surface area contributed by atoms with Gasteiger partial charge in [-0.25, -0.2) is 4.98 Å². The Morgan fingerprint density at radius 1 is 1.47 bits per heavy atom. The summed E-state index contributed by atoms with van der Waals surface area (Å²) in [6.45, 7) is 0.559. The fourth-order valence-corrected chi connectivity index (χ4v) is 2.70. The Bertz CT molecular complexity index is 740. The summed E-state index contributed by atoms with van der Waals surface area (Å²) in [5.74, 6) is 0. The van der Waals surface area contributed by atoms with Crippen molar-refractivity contribution >= 4 is 33.6 Å². The maximum absolute atomic E-state index is 9.04. The molecule has 0 aliphatic rings. The van der Waals surface area contributed by atoms with Gasteiger partial charge in [0.05, 0.1) is 23.5 Å². The van der Waals surface area contributed by atoms with E-state index in [0.29, 0.717) is 17.1 Å². The molecule has 0 bridgehead atoms. The molecule has 0 saturated heterocycles. The van der Waals surface area contributed by atoms with Crippen LogP contribution in [0.25, 0.3) is 4.96 Å². The second-order valence-electron chi connectivity index (χ2n) is 3.98. The quantitative estimate of drug-likeness (QED) is 0.802. The Labute approximate surface area is 118 Å². The SMILES string of the molecule is N#Cc1ccc(Cl)cc1NCc1cn2ccsc2n1. The highest BCUT2D eigenvalue weighted by Gasteiger charge is 2.05. The van der Waals surface area contributed by atoms with Crippen LogP contribution in [0.15, 0.2) is 36.0 Å². The van der Waals surface area contributed by atoms with Gasteiger partial charge in [0.1, 0.15) is 6.07 Å². The van der Waals surface area contributed by atoms with Gasteiger partial charge in [-0.15, -0.1) is 11.3 Å². The molecule has 0 unspecified atom stereocenters. The van der Waals surface area contributed by atoms with Crippen molar-refractivity contribution in [1.29, 1.82) is 5.26 Å². The third-order valence-electron chi connectivity index (χ3n) is 2.71. The van der Waals surface area contributed by atoms with E-state index in [4.69, 9.17) is 16.9 Å². The van der Waals surface area contributed by atoms with Crippen LogP contribution in [0.3, 0.4) is 0 Å². The molecular weight excluding hydrogens is 280 g/mol. The van der Waals surface area contributed by atoms with E-state index in [1.807, 2.05) is 22.2 Å². The Morgan fingerprint density at radius 3 is 3.16 bits per heavy atom. The number of thiazole rings is 1. The van der Waals surface area contributed by atoms with Crippen LogP contribution >= 0.6 is 22.9 Å². The number of anilines is 1. The first-order valence-corrected chi connectivity index (χ1v) is 6.86. The Kier molecular flexibility index (Phi) is 3.11. The van der Waals surface area contributed by atoms with Crippen LogP contribution in [0.4, 0.5) is 5.69 Å². The summed E-state index contributed by atoms with van der Waals surface area (Å²) in [5, 5.41) is 14.8. The van der Waals surface area contributed by atoms with Crippen LogP contribution in [0, 0.1) is 11.3 Å². The highest BCUT2D eigenvalue weighted by molar-refractivity contribution is 7.15. The zero-order chi connectivity index (χ0) is 13.2. The first-order valence-electron chi connectivity index (χ1n) is 5.61. The molecule has 0 spiro atoms. The fraction of sp³-hybridized carbons (Fsp3) is 0.0769. The minimum Gasteiger partial charge on any atom is -0.378 e. The highest BCUT2D eigenvalue weighted by atomic mass is 35.5. The summed E-state index contributed by atoms with van der Waals surface area (Å²) in [6, 6.07) is 7.30. The molecule has 4 nitrogen and oxygen atoms in total. The first kappa shape index (κ1) is 12.0. The molecule has 0 saturated carbocycles. The third kappa shape index (κ3) is 2.41. The van der Waals surface area contributed by atoms with Crippen LogP contribution in [0.1, 0.15) is 11.3 Å².